The minimum atomic E-state index is -0.213. The Morgan fingerprint density at radius 2 is 1.13 bits per heavy atom. The number of hydrogen-bond donors (Lipinski definition) is 0. The molecule has 0 fully saturated rings. The lowest BCUT2D eigenvalue weighted by molar-refractivity contribution is -0.148. The molecule has 0 heterocycles. The second kappa shape index (κ2) is 17.4. The summed E-state index contributed by atoms with van der Waals surface area (Å²) >= 11 is 0. The Morgan fingerprint density at radius 3 is 1.53 bits per heavy atom. The minimum Gasteiger partial charge on any atom is -0.466 e. The van der Waals surface area contributed by atoms with E-state index in [9.17, 15) is 9.59 Å². The minimum absolute atomic E-state index is 0.0647. The van der Waals surface area contributed by atoms with Gasteiger partial charge < -0.3 is 4.74 Å². The molecule has 3 heteroatoms. The molecular weight excluding hydrogens is 372 g/mol. The largest absolute Gasteiger partial charge is 0.466 e. The molecule has 2 aromatic carbocycles. The first-order chi connectivity index (χ1) is 14.6. The van der Waals surface area contributed by atoms with Crippen LogP contribution in [0.3, 0.4) is 0 Å². The van der Waals surface area contributed by atoms with Gasteiger partial charge in [-0.3, -0.25) is 9.59 Å². The van der Waals surface area contributed by atoms with E-state index in [1.807, 2.05) is 95.3 Å². The highest BCUT2D eigenvalue weighted by atomic mass is 16.5. The molecule has 0 aliphatic heterocycles. The standard InChI is InChI=1S/C23H28O3.2C2H6/c1-3-26-23(25)22(17-20-12-8-5-9-13-20)15-14-21(18(2)24)16-19-10-6-4-7-11-19;2*1-2/h4-13,21-22H,3,14-17H2,1-2H3;2*1-2H3. The van der Waals surface area contributed by atoms with Gasteiger partial charge in [0, 0.05) is 5.92 Å². The number of rotatable bonds is 10. The van der Waals surface area contributed by atoms with E-state index in [0.717, 1.165) is 17.5 Å². The average Bonchev–Trinajstić information content (AvgIpc) is 2.79. The molecule has 3 nitrogen and oxygen atoms in total. The van der Waals surface area contributed by atoms with Crippen LogP contribution >= 0.6 is 0 Å². The van der Waals surface area contributed by atoms with Gasteiger partial charge in [-0.1, -0.05) is 88.4 Å². The normalized spacial score (nSPS) is 11.7. The summed E-state index contributed by atoms with van der Waals surface area (Å²) in [5.74, 6) is -0.269. The van der Waals surface area contributed by atoms with Crippen molar-refractivity contribution >= 4 is 11.8 Å². The van der Waals surface area contributed by atoms with Crippen LogP contribution in [0.5, 0.6) is 0 Å². The van der Waals surface area contributed by atoms with Gasteiger partial charge >= 0.3 is 5.97 Å². The summed E-state index contributed by atoms with van der Waals surface area (Å²) in [6.07, 6.45) is 2.72. The number of ether oxygens (including phenoxy) is 1. The second-order valence-corrected chi connectivity index (χ2v) is 6.71. The van der Waals surface area contributed by atoms with Crippen molar-refractivity contribution in [2.75, 3.05) is 6.61 Å². The fraction of sp³-hybridized carbons (Fsp3) is 0.481. The van der Waals surface area contributed by atoms with Gasteiger partial charge in [0.1, 0.15) is 5.78 Å². The van der Waals surface area contributed by atoms with Gasteiger partial charge in [0.25, 0.3) is 0 Å². The second-order valence-electron chi connectivity index (χ2n) is 6.71. The Bertz CT molecular complexity index is 680. The van der Waals surface area contributed by atoms with Gasteiger partial charge in [0.05, 0.1) is 12.5 Å². The predicted molar refractivity (Wildman–Crippen MR) is 127 cm³/mol. The third-order valence-corrected chi connectivity index (χ3v) is 4.71. The fourth-order valence-corrected chi connectivity index (χ4v) is 3.21. The molecular formula is C27H40O3. The molecule has 0 spiro atoms. The number of hydrogen-bond acceptors (Lipinski definition) is 3. The van der Waals surface area contributed by atoms with Gasteiger partial charge in [0.15, 0.2) is 0 Å². The highest BCUT2D eigenvalue weighted by molar-refractivity contribution is 5.78. The first kappa shape index (κ1) is 27.6. The van der Waals surface area contributed by atoms with E-state index in [0.29, 0.717) is 25.9 Å². The SMILES string of the molecule is CC.CC.CCOC(=O)C(CCC(Cc1ccccc1)C(C)=O)Cc1ccccc1. The lowest BCUT2D eigenvalue weighted by Gasteiger charge is -2.19. The number of carbonyl (C=O) groups is 2. The topological polar surface area (TPSA) is 43.4 Å². The van der Waals surface area contributed by atoms with Crippen molar-refractivity contribution in [2.45, 2.75) is 67.2 Å². The van der Waals surface area contributed by atoms with Crippen LogP contribution in [0, 0.1) is 11.8 Å². The smallest absolute Gasteiger partial charge is 0.309 e. The van der Waals surface area contributed by atoms with Gasteiger partial charge in [-0.15, -0.1) is 0 Å². The van der Waals surface area contributed by atoms with E-state index in [2.05, 4.69) is 0 Å². The van der Waals surface area contributed by atoms with Crippen molar-refractivity contribution in [2.24, 2.45) is 11.8 Å². The van der Waals surface area contributed by atoms with Crippen molar-refractivity contribution in [3.8, 4) is 0 Å². The van der Waals surface area contributed by atoms with E-state index in [-0.39, 0.29) is 23.6 Å². The maximum absolute atomic E-state index is 12.4. The molecule has 0 N–H and O–H groups in total. The lowest BCUT2D eigenvalue weighted by atomic mass is 9.86. The van der Waals surface area contributed by atoms with Gasteiger partial charge in [-0.05, 0) is 50.7 Å². The number of carbonyl (C=O) groups excluding carboxylic acids is 2. The third-order valence-electron chi connectivity index (χ3n) is 4.71. The molecule has 0 aliphatic carbocycles. The van der Waals surface area contributed by atoms with Gasteiger partial charge in [-0.25, -0.2) is 0 Å². The number of esters is 1. The Hall–Kier alpha value is -2.42. The van der Waals surface area contributed by atoms with Crippen LogP contribution in [0.1, 0.15) is 65.5 Å². The van der Waals surface area contributed by atoms with E-state index >= 15 is 0 Å². The highest BCUT2D eigenvalue weighted by Gasteiger charge is 2.23. The third kappa shape index (κ3) is 10.9. The monoisotopic (exact) mass is 412 g/mol. The van der Waals surface area contributed by atoms with Crippen molar-refractivity contribution in [1.29, 1.82) is 0 Å². The van der Waals surface area contributed by atoms with E-state index < -0.39 is 0 Å². The first-order valence-electron chi connectivity index (χ1n) is 11.3. The Balaban J connectivity index is 0.00000198. The summed E-state index contributed by atoms with van der Waals surface area (Å²) in [4.78, 5) is 24.5. The summed E-state index contributed by atoms with van der Waals surface area (Å²) in [6, 6.07) is 20.0. The molecule has 2 rings (SSSR count). The summed E-state index contributed by atoms with van der Waals surface area (Å²) in [5, 5.41) is 0. The molecule has 30 heavy (non-hydrogen) atoms. The van der Waals surface area contributed by atoms with E-state index in [1.165, 1.54) is 0 Å². The van der Waals surface area contributed by atoms with Crippen LogP contribution in [0.25, 0.3) is 0 Å². The summed E-state index contributed by atoms with van der Waals surface area (Å²) in [5.41, 5.74) is 2.27. The van der Waals surface area contributed by atoms with Crippen LogP contribution in [-0.2, 0) is 27.2 Å². The lowest BCUT2D eigenvalue weighted by Crippen LogP contribution is -2.23. The van der Waals surface area contributed by atoms with Crippen LogP contribution in [0.4, 0.5) is 0 Å². The van der Waals surface area contributed by atoms with Crippen LogP contribution < -0.4 is 0 Å². The molecule has 2 unspecified atom stereocenters. The number of benzene rings is 2. The number of Topliss-reactive ketones (excluding diaryl/α,β-unsaturated/α-hetero) is 1. The quantitative estimate of drug-likeness (QED) is 0.408. The molecule has 2 atom stereocenters. The maximum Gasteiger partial charge on any atom is 0.309 e. The Morgan fingerprint density at radius 1 is 0.733 bits per heavy atom. The molecule has 0 radical (unpaired) electrons. The van der Waals surface area contributed by atoms with Gasteiger partial charge in [0.2, 0.25) is 0 Å². The zero-order chi connectivity index (χ0) is 22.8. The Kier molecular flexibility index (Phi) is 16.0. The molecule has 0 saturated carbocycles. The summed E-state index contributed by atoms with van der Waals surface area (Å²) in [7, 11) is 0. The van der Waals surface area contributed by atoms with E-state index in [1.54, 1.807) is 6.92 Å². The van der Waals surface area contributed by atoms with Crippen molar-refractivity contribution in [3.05, 3.63) is 71.8 Å². The van der Waals surface area contributed by atoms with Crippen LogP contribution in [-0.4, -0.2) is 18.4 Å². The van der Waals surface area contributed by atoms with Crippen LogP contribution in [0.2, 0.25) is 0 Å². The maximum atomic E-state index is 12.4. The van der Waals surface area contributed by atoms with Crippen molar-refractivity contribution in [1.82, 2.24) is 0 Å². The van der Waals surface area contributed by atoms with Crippen molar-refractivity contribution < 1.29 is 14.3 Å². The molecule has 0 bridgehead atoms. The fourth-order valence-electron chi connectivity index (χ4n) is 3.21. The van der Waals surface area contributed by atoms with Gasteiger partial charge in [-0.2, -0.15) is 0 Å². The van der Waals surface area contributed by atoms with Crippen molar-refractivity contribution in [3.63, 3.8) is 0 Å². The molecule has 0 amide bonds. The molecule has 0 saturated heterocycles. The zero-order valence-electron chi connectivity index (χ0n) is 19.7. The molecule has 0 aliphatic rings. The molecule has 0 aromatic heterocycles. The summed E-state index contributed by atoms with van der Waals surface area (Å²) < 4.78 is 5.26. The van der Waals surface area contributed by atoms with Crippen LogP contribution in [0.15, 0.2) is 60.7 Å². The molecule has 2 aromatic rings. The highest BCUT2D eigenvalue weighted by Crippen LogP contribution is 2.22. The Labute approximate surface area is 183 Å². The van der Waals surface area contributed by atoms with E-state index in [4.69, 9.17) is 4.74 Å². The summed E-state index contributed by atoms with van der Waals surface area (Å²) in [6.45, 7) is 11.8. The number of ketones is 1. The predicted octanol–water partition coefficient (Wildman–Crippen LogP) is 6.69. The molecule has 166 valence electrons. The first-order valence-corrected chi connectivity index (χ1v) is 11.3. The zero-order valence-corrected chi connectivity index (χ0v) is 19.7. The average molecular weight is 413 g/mol.